The Morgan fingerprint density at radius 2 is 1.84 bits per heavy atom. The molecule has 1 fully saturated rings. The van der Waals surface area contributed by atoms with E-state index < -0.39 is 17.9 Å². The van der Waals surface area contributed by atoms with E-state index in [0.717, 1.165) is 36.8 Å². The molecule has 2 aliphatic rings. The molecular weight excluding hydrogens is 390 g/mol. The molecule has 3 N–H and O–H groups in total. The number of benzene rings is 2. The number of imide groups is 1. The highest BCUT2D eigenvalue weighted by Crippen LogP contribution is 2.44. The number of fused-ring (bicyclic) bond motifs is 3. The number of hydrogen-bond acceptors (Lipinski definition) is 4. The molecule has 0 spiro atoms. The first-order valence-corrected chi connectivity index (χ1v) is 11.0. The molecular formula is C25H29N3O3. The van der Waals surface area contributed by atoms with E-state index in [4.69, 9.17) is 5.73 Å². The summed E-state index contributed by atoms with van der Waals surface area (Å²) in [6.07, 6.45) is 4.86. The topological polar surface area (TPSA) is 92.5 Å². The maximum atomic E-state index is 13.5. The number of nitrogens with one attached hydrogen (secondary N) is 1. The van der Waals surface area contributed by atoms with Gasteiger partial charge < -0.3 is 11.1 Å². The predicted octanol–water partition coefficient (Wildman–Crippen LogP) is 4.00. The third kappa shape index (κ3) is 3.94. The summed E-state index contributed by atoms with van der Waals surface area (Å²) in [5, 5.41) is 2.81. The lowest BCUT2D eigenvalue weighted by Crippen LogP contribution is -2.50. The van der Waals surface area contributed by atoms with E-state index >= 15 is 0 Å². The van der Waals surface area contributed by atoms with Crippen LogP contribution in [-0.2, 0) is 14.4 Å². The average Bonchev–Trinajstić information content (AvgIpc) is 3.23. The van der Waals surface area contributed by atoms with Crippen molar-refractivity contribution >= 4 is 29.1 Å². The summed E-state index contributed by atoms with van der Waals surface area (Å²) in [6.45, 7) is 3.43. The third-order valence-electron chi connectivity index (χ3n) is 6.52. The molecule has 2 aromatic carbocycles. The molecule has 1 unspecified atom stereocenters. The highest BCUT2D eigenvalue weighted by molar-refractivity contribution is 6.22. The smallest absolute Gasteiger partial charge is 0.256 e. The standard InChI is InChI=1S/C25H29N3O3/c1-15-18-10-5-6-11-19(18)23-20(26)12-7-13-21(23)28(24(15)30)25(31)16(2)27-22(29)14-17-8-3-4-9-17/h5-7,10-13,15-17H,3-4,8-9,14,26H2,1-2H3,(H,27,29)/t15?,16-/m0/s1. The van der Waals surface area contributed by atoms with Crippen LogP contribution in [0.3, 0.4) is 0 Å². The zero-order valence-corrected chi connectivity index (χ0v) is 18.1. The fourth-order valence-electron chi connectivity index (χ4n) is 4.84. The molecule has 1 heterocycles. The van der Waals surface area contributed by atoms with Crippen molar-refractivity contribution in [2.75, 3.05) is 10.6 Å². The molecule has 4 rings (SSSR count). The molecule has 6 heteroatoms. The van der Waals surface area contributed by atoms with E-state index in [1.807, 2.05) is 24.3 Å². The van der Waals surface area contributed by atoms with Gasteiger partial charge in [-0.1, -0.05) is 43.2 Å². The van der Waals surface area contributed by atoms with Crippen molar-refractivity contribution in [1.29, 1.82) is 0 Å². The fraction of sp³-hybridized carbons (Fsp3) is 0.400. The summed E-state index contributed by atoms with van der Waals surface area (Å²) in [5.41, 5.74) is 9.63. The van der Waals surface area contributed by atoms with E-state index in [-0.39, 0.29) is 11.8 Å². The van der Waals surface area contributed by atoms with Crippen LogP contribution in [0.5, 0.6) is 0 Å². The van der Waals surface area contributed by atoms with Gasteiger partial charge in [0.1, 0.15) is 6.04 Å². The van der Waals surface area contributed by atoms with Crippen molar-refractivity contribution in [3.05, 3.63) is 48.0 Å². The number of carbonyl (C=O) groups is 3. The zero-order chi connectivity index (χ0) is 22.1. The van der Waals surface area contributed by atoms with Crippen LogP contribution in [0.4, 0.5) is 11.4 Å². The highest BCUT2D eigenvalue weighted by atomic mass is 16.2. The summed E-state index contributed by atoms with van der Waals surface area (Å²) < 4.78 is 0. The van der Waals surface area contributed by atoms with Gasteiger partial charge in [-0.2, -0.15) is 0 Å². The Bertz CT molecular complexity index is 1030. The Morgan fingerprint density at radius 1 is 1.13 bits per heavy atom. The van der Waals surface area contributed by atoms with Gasteiger partial charge in [-0.25, -0.2) is 4.90 Å². The molecule has 1 aliphatic heterocycles. The lowest BCUT2D eigenvalue weighted by Gasteiger charge is -2.27. The number of carbonyl (C=O) groups excluding carboxylic acids is 3. The van der Waals surface area contributed by atoms with Gasteiger partial charge >= 0.3 is 0 Å². The van der Waals surface area contributed by atoms with Crippen molar-refractivity contribution in [2.45, 2.75) is 57.9 Å². The number of nitrogen functional groups attached to an aromatic ring is 1. The average molecular weight is 420 g/mol. The Morgan fingerprint density at radius 3 is 2.58 bits per heavy atom. The lowest BCUT2D eigenvalue weighted by atomic mass is 9.92. The quantitative estimate of drug-likeness (QED) is 0.733. The second-order valence-corrected chi connectivity index (χ2v) is 8.71. The van der Waals surface area contributed by atoms with Gasteiger partial charge in [0.2, 0.25) is 11.8 Å². The Labute approximate surface area is 182 Å². The largest absolute Gasteiger partial charge is 0.398 e. The number of amides is 3. The fourth-order valence-corrected chi connectivity index (χ4v) is 4.84. The van der Waals surface area contributed by atoms with Crippen LogP contribution in [0.25, 0.3) is 11.1 Å². The van der Waals surface area contributed by atoms with E-state index in [2.05, 4.69) is 5.32 Å². The second kappa shape index (κ2) is 8.53. The van der Waals surface area contributed by atoms with Gasteiger partial charge in [-0.15, -0.1) is 0 Å². The summed E-state index contributed by atoms with van der Waals surface area (Å²) in [6, 6.07) is 12.0. The monoisotopic (exact) mass is 419 g/mol. The van der Waals surface area contributed by atoms with Crippen LogP contribution in [0.2, 0.25) is 0 Å². The van der Waals surface area contributed by atoms with Gasteiger partial charge in [0.25, 0.3) is 5.91 Å². The summed E-state index contributed by atoms with van der Waals surface area (Å²) in [5.74, 6) is -1.04. The maximum absolute atomic E-state index is 13.5. The van der Waals surface area contributed by atoms with Crippen molar-refractivity contribution in [3.63, 3.8) is 0 Å². The Balaban J connectivity index is 1.66. The van der Waals surface area contributed by atoms with Crippen molar-refractivity contribution in [3.8, 4) is 11.1 Å². The molecule has 0 bridgehead atoms. The number of anilines is 2. The molecule has 0 radical (unpaired) electrons. The van der Waals surface area contributed by atoms with Crippen LogP contribution in [-0.4, -0.2) is 23.8 Å². The SMILES string of the molecule is CC1C(=O)N(C(=O)[C@H](C)NC(=O)CC2CCCC2)c2cccc(N)c2-c2ccccc21. The minimum absolute atomic E-state index is 0.140. The first-order valence-electron chi connectivity index (χ1n) is 11.0. The molecule has 31 heavy (non-hydrogen) atoms. The number of hydrogen-bond donors (Lipinski definition) is 2. The van der Waals surface area contributed by atoms with Gasteiger partial charge in [0.05, 0.1) is 11.6 Å². The van der Waals surface area contributed by atoms with Gasteiger partial charge in [0.15, 0.2) is 0 Å². The van der Waals surface area contributed by atoms with Crippen molar-refractivity contribution < 1.29 is 14.4 Å². The molecule has 0 aromatic heterocycles. The second-order valence-electron chi connectivity index (χ2n) is 8.71. The van der Waals surface area contributed by atoms with E-state index in [0.29, 0.717) is 29.3 Å². The van der Waals surface area contributed by atoms with Crippen LogP contribution in [0.15, 0.2) is 42.5 Å². The zero-order valence-electron chi connectivity index (χ0n) is 18.1. The highest BCUT2D eigenvalue weighted by Gasteiger charge is 2.37. The molecule has 6 nitrogen and oxygen atoms in total. The molecule has 2 aromatic rings. The van der Waals surface area contributed by atoms with Crippen molar-refractivity contribution in [2.24, 2.45) is 5.92 Å². The molecule has 1 aliphatic carbocycles. The maximum Gasteiger partial charge on any atom is 0.256 e. The molecule has 3 amide bonds. The minimum Gasteiger partial charge on any atom is -0.398 e. The first-order chi connectivity index (χ1) is 14.9. The van der Waals surface area contributed by atoms with Crippen LogP contribution < -0.4 is 16.0 Å². The predicted molar refractivity (Wildman–Crippen MR) is 121 cm³/mol. The number of nitrogens with zero attached hydrogens (tertiary/aromatic N) is 1. The summed E-state index contributed by atoms with van der Waals surface area (Å²) >= 11 is 0. The molecule has 2 atom stereocenters. The molecule has 0 saturated heterocycles. The third-order valence-corrected chi connectivity index (χ3v) is 6.52. The Hall–Kier alpha value is -3.15. The number of nitrogens with two attached hydrogens (primary N) is 1. The van der Waals surface area contributed by atoms with E-state index in [1.165, 1.54) is 4.90 Å². The van der Waals surface area contributed by atoms with Gasteiger partial charge in [0, 0.05) is 17.7 Å². The van der Waals surface area contributed by atoms with Gasteiger partial charge in [-0.05, 0) is 55.9 Å². The van der Waals surface area contributed by atoms with E-state index in [9.17, 15) is 14.4 Å². The van der Waals surface area contributed by atoms with Crippen LogP contribution in [0, 0.1) is 5.92 Å². The van der Waals surface area contributed by atoms with Gasteiger partial charge in [-0.3, -0.25) is 14.4 Å². The normalized spacial score (nSPS) is 19.4. The van der Waals surface area contributed by atoms with E-state index in [1.54, 1.807) is 32.0 Å². The molecule has 162 valence electrons. The minimum atomic E-state index is -0.819. The molecule has 1 saturated carbocycles. The first kappa shape index (κ1) is 21.1. The lowest BCUT2D eigenvalue weighted by molar-refractivity contribution is -0.131. The number of rotatable bonds is 4. The Kier molecular flexibility index (Phi) is 5.81. The van der Waals surface area contributed by atoms with Crippen molar-refractivity contribution in [1.82, 2.24) is 5.32 Å². The summed E-state index contributed by atoms with van der Waals surface area (Å²) in [4.78, 5) is 40.6. The summed E-state index contributed by atoms with van der Waals surface area (Å²) in [7, 11) is 0. The van der Waals surface area contributed by atoms with Crippen LogP contribution >= 0.6 is 0 Å². The van der Waals surface area contributed by atoms with Crippen LogP contribution in [0.1, 0.15) is 57.4 Å².